The zero-order valence-corrected chi connectivity index (χ0v) is 11.6. The van der Waals surface area contributed by atoms with Crippen LogP contribution in [0.1, 0.15) is 51.4 Å². The highest BCUT2D eigenvalue weighted by Crippen LogP contribution is 2.37. The Hall–Kier alpha value is -0.780. The van der Waals surface area contributed by atoms with Crippen molar-refractivity contribution in [1.29, 1.82) is 0 Å². The molecule has 4 unspecified atom stereocenters. The van der Waals surface area contributed by atoms with Crippen molar-refractivity contribution in [3.8, 4) is 0 Å². The van der Waals surface area contributed by atoms with Crippen molar-refractivity contribution in [2.24, 2.45) is 17.6 Å². The lowest BCUT2D eigenvalue weighted by Crippen LogP contribution is -2.48. The fourth-order valence-corrected chi connectivity index (χ4v) is 3.41. The molecule has 2 aliphatic rings. The minimum Gasteiger partial charge on any atom is -0.353 e. The summed E-state index contributed by atoms with van der Waals surface area (Å²) in [6, 6.07) is -0.497. The van der Waals surface area contributed by atoms with Crippen LogP contribution in [0, 0.1) is 11.8 Å². The number of carbonyl (C=O) groups is 1. The Morgan fingerprint density at radius 2 is 1.75 bits per heavy atom. The van der Waals surface area contributed by atoms with Gasteiger partial charge in [0.1, 0.15) is 0 Å². The number of hydrogen-bond acceptors (Lipinski definition) is 2. The Kier molecular flexibility index (Phi) is 4.94. The second-order valence-corrected chi connectivity index (χ2v) is 6.17. The van der Waals surface area contributed by atoms with Crippen LogP contribution in [-0.4, -0.2) is 24.2 Å². The van der Waals surface area contributed by atoms with Crippen LogP contribution < -0.4 is 11.1 Å². The van der Waals surface area contributed by atoms with Crippen molar-refractivity contribution in [3.63, 3.8) is 0 Å². The molecule has 0 bridgehead atoms. The maximum atomic E-state index is 12.7. The van der Waals surface area contributed by atoms with Gasteiger partial charge in [-0.15, -0.1) is 0 Å². The predicted molar refractivity (Wildman–Crippen MR) is 69.9 cm³/mol. The van der Waals surface area contributed by atoms with Gasteiger partial charge in [0, 0.05) is 12.1 Å². The van der Waals surface area contributed by atoms with E-state index < -0.39 is 12.1 Å². The molecule has 2 saturated carbocycles. The fraction of sp³-hybridized carbons (Fsp3) is 0.929. The van der Waals surface area contributed by atoms with Crippen LogP contribution in [0.5, 0.6) is 0 Å². The molecule has 116 valence electrons. The molecule has 0 spiro atoms. The van der Waals surface area contributed by atoms with Crippen molar-refractivity contribution in [3.05, 3.63) is 0 Å². The molecule has 2 fully saturated rings. The molecule has 20 heavy (non-hydrogen) atoms. The number of amides is 1. The molecule has 0 saturated heterocycles. The monoisotopic (exact) mass is 292 g/mol. The van der Waals surface area contributed by atoms with E-state index in [1.165, 1.54) is 0 Å². The summed E-state index contributed by atoms with van der Waals surface area (Å²) in [4.78, 5) is 12.2. The van der Waals surface area contributed by atoms with Gasteiger partial charge in [-0.05, 0) is 32.1 Å². The summed E-state index contributed by atoms with van der Waals surface area (Å²) in [5.74, 6) is -1.65. The number of halogens is 3. The molecule has 0 aromatic carbocycles. The van der Waals surface area contributed by atoms with E-state index in [-0.39, 0.29) is 36.8 Å². The van der Waals surface area contributed by atoms with Gasteiger partial charge in [0.05, 0.1) is 11.8 Å². The van der Waals surface area contributed by atoms with Crippen molar-refractivity contribution in [2.75, 3.05) is 0 Å². The van der Waals surface area contributed by atoms with Crippen LogP contribution in [0.15, 0.2) is 0 Å². The van der Waals surface area contributed by atoms with E-state index in [9.17, 15) is 18.0 Å². The third-order valence-electron chi connectivity index (χ3n) is 4.64. The van der Waals surface area contributed by atoms with Gasteiger partial charge >= 0.3 is 6.18 Å². The number of alkyl halides is 3. The van der Waals surface area contributed by atoms with Gasteiger partial charge in [-0.1, -0.05) is 19.3 Å². The molecule has 2 rings (SSSR count). The first-order valence-corrected chi connectivity index (χ1v) is 7.50. The molecular weight excluding hydrogens is 269 g/mol. The Bertz CT molecular complexity index is 346. The summed E-state index contributed by atoms with van der Waals surface area (Å²) in [6.45, 7) is 0. The molecule has 6 heteroatoms. The summed E-state index contributed by atoms with van der Waals surface area (Å²) in [6.07, 6.45) is 0.787. The Morgan fingerprint density at radius 1 is 1.05 bits per heavy atom. The molecule has 2 aliphatic carbocycles. The first kappa shape index (κ1) is 15.6. The minimum absolute atomic E-state index is 0.0111. The van der Waals surface area contributed by atoms with E-state index in [1.807, 2.05) is 0 Å². The second kappa shape index (κ2) is 6.33. The Balaban J connectivity index is 1.87. The number of carbonyl (C=O) groups excluding carboxylic acids is 1. The largest absolute Gasteiger partial charge is 0.391 e. The molecule has 1 amide bonds. The van der Waals surface area contributed by atoms with E-state index in [0.717, 1.165) is 25.7 Å². The SMILES string of the molecule is NC1CCCCC1C(=O)NC1CCCC(C(F)(F)F)C1. The molecular formula is C14H23F3N2O. The van der Waals surface area contributed by atoms with Crippen molar-refractivity contribution < 1.29 is 18.0 Å². The average Bonchev–Trinajstić information content (AvgIpc) is 2.38. The first-order valence-electron chi connectivity index (χ1n) is 7.50. The lowest BCUT2D eigenvalue weighted by Gasteiger charge is -2.33. The summed E-state index contributed by atoms with van der Waals surface area (Å²) < 4.78 is 38.2. The molecule has 0 radical (unpaired) electrons. The third-order valence-corrected chi connectivity index (χ3v) is 4.64. The molecule has 0 aliphatic heterocycles. The van der Waals surface area contributed by atoms with Gasteiger partial charge < -0.3 is 11.1 Å². The Morgan fingerprint density at radius 3 is 2.40 bits per heavy atom. The number of hydrogen-bond donors (Lipinski definition) is 2. The molecule has 0 aromatic heterocycles. The second-order valence-electron chi connectivity index (χ2n) is 6.17. The minimum atomic E-state index is -4.15. The predicted octanol–water partition coefficient (Wildman–Crippen LogP) is 2.74. The van der Waals surface area contributed by atoms with Gasteiger partial charge in [-0.3, -0.25) is 4.79 Å². The van der Waals surface area contributed by atoms with Crippen molar-refractivity contribution >= 4 is 5.91 Å². The van der Waals surface area contributed by atoms with E-state index in [4.69, 9.17) is 5.73 Å². The summed E-state index contributed by atoms with van der Waals surface area (Å²) >= 11 is 0. The highest BCUT2D eigenvalue weighted by Gasteiger charge is 2.42. The zero-order valence-electron chi connectivity index (χ0n) is 11.6. The average molecular weight is 292 g/mol. The van der Waals surface area contributed by atoms with Gasteiger partial charge in [-0.25, -0.2) is 0 Å². The van der Waals surface area contributed by atoms with E-state index in [1.54, 1.807) is 0 Å². The molecule has 3 nitrogen and oxygen atoms in total. The number of rotatable bonds is 2. The molecule has 0 heterocycles. The first-order chi connectivity index (χ1) is 9.38. The number of nitrogens with two attached hydrogens (primary N) is 1. The lowest BCUT2D eigenvalue weighted by molar-refractivity contribution is -0.184. The number of nitrogens with one attached hydrogen (secondary N) is 1. The summed E-state index contributed by atoms with van der Waals surface area (Å²) in [5, 5.41) is 2.80. The quantitative estimate of drug-likeness (QED) is 0.822. The van der Waals surface area contributed by atoms with Crippen LogP contribution in [-0.2, 0) is 4.79 Å². The topological polar surface area (TPSA) is 55.1 Å². The van der Waals surface area contributed by atoms with Gasteiger partial charge in [0.2, 0.25) is 5.91 Å². The summed E-state index contributed by atoms with van der Waals surface area (Å²) in [5.41, 5.74) is 5.94. The maximum absolute atomic E-state index is 12.7. The smallest absolute Gasteiger partial charge is 0.353 e. The molecule has 3 N–H and O–H groups in total. The Labute approximate surface area is 117 Å². The van der Waals surface area contributed by atoms with Crippen LogP contribution in [0.3, 0.4) is 0 Å². The van der Waals surface area contributed by atoms with Crippen molar-refractivity contribution in [2.45, 2.75) is 69.6 Å². The van der Waals surface area contributed by atoms with Crippen LogP contribution in [0.25, 0.3) is 0 Å². The third kappa shape index (κ3) is 3.87. The van der Waals surface area contributed by atoms with Crippen LogP contribution in [0.4, 0.5) is 13.2 Å². The van der Waals surface area contributed by atoms with Crippen LogP contribution >= 0.6 is 0 Å². The van der Waals surface area contributed by atoms with Gasteiger partial charge in [0.15, 0.2) is 0 Å². The van der Waals surface area contributed by atoms with E-state index in [2.05, 4.69) is 5.32 Å². The normalized spacial score (nSPS) is 35.6. The van der Waals surface area contributed by atoms with Gasteiger partial charge in [-0.2, -0.15) is 13.2 Å². The fourth-order valence-electron chi connectivity index (χ4n) is 3.41. The van der Waals surface area contributed by atoms with Crippen LogP contribution in [0.2, 0.25) is 0 Å². The zero-order chi connectivity index (χ0) is 14.8. The highest BCUT2D eigenvalue weighted by atomic mass is 19.4. The molecule has 0 aromatic rings. The summed E-state index contributed by atoms with van der Waals surface area (Å²) in [7, 11) is 0. The molecule has 4 atom stereocenters. The van der Waals surface area contributed by atoms with E-state index in [0.29, 0.717) is 12.8 Å². The maximum Gasteiger partial charge on any atom is 0.391 e. The van der Waals surface area contributed by atoms with E-state index >= 15 is 0 Å². The lowest BCUT2D eigenvalue weighted by atomic mass is 9.82. The van der Waals surface area contributed by atoms with Crippen molar-refractivity contribution in [1.82, 2.24) is 5.32 Å². The highest BCUT2D eigenvalue weighted by molar-refractivity contribution is 5.79. The van der Waals surface area contributed by atoms with Gasteiger partial charge in [0.25, 0.3) is 0 Å². The standard InChI is InChI=1S/C14H23F3N2O/c15-14(16,17)9-4-3-5-10(8-9)19-13(20)11-6-1-2-7-12(11)18/h9-12H,1-8,18H2,(H,19,20).